The highest BCUT2D eigenvalue weighted by Crippen LogP contribution is 2.22. The summed E-state index contributed by atoms with van der Waals surface area (Å²) in [6.07, 6.45) is 1.08. The van der Waals surface area contributed by atoms with Crippen LogP contribution in [0.15, 0.2) is 30.3 Å². The highest BCUT2D eigenvalue weighted by atomic mass is 16.1. The zero-order valence-corrected chi connectivity index (χ0v) is 11.7. The fourth-order valence-electron chi connectivity index (χ4n) is 2.26. The van der Waals surface area contributed by atoms with Crippen molar-refractivity contribution in [2.75, 3.05) is 0 Å². The van der Waals surface area contributed by atoms with Gasteiger partial charge in [-0.15, -0.1) is 0 Å². The molecule has 0 atom stereocenters. The van der Waals surface area contributed by atoms with E-state index in [1.54, 1.807) is 0 Å². The van der Waals surface area contributed by atoms with E-state index < -0.39 is 5.91 Å². The van der Waals surface area contributed by atoms with Gasteiger partial charge in [0.15, 0.2) is 0 Å². The zero-order valence-electron chi connectivity index (χ0n) is 11.7. The van der Waals surface area contributed by atoms with Gasteiger partial charge in [0, 0.05) is 11.4 Å². The Morgan fingerprint density at radius 3 is 2.37 bits per heavy atom. The molecule has 0 aliphatic heterocycles. The van der Waals surface area contributed by atoms with Gasteiger partial charge in [-0.2, -0.15) is 0 Å². The topological polar surface area (TPSA) is 58.9 Å². The fourth-order valence-corrected chi connectivity index (χ4v) is 2.26. The third kappa shape index (κ3) is 3.05. The van der Waals surface area contributed by atoms with Gasteiger partial charge < -0.3 is 10.7 Å². The number of aromatic amines is 1. The molecule has 1 heterocycles. The van der Waals surface area contributed by atoms with Crippen LogP contribution in [0.1, 0.15) is 35.5 Å². The van der Waals surface area contributed by atoms with Crippen molar-refractivity contribution >= 4 is 5.91 Å². The number of primary amides is 1. The second-order valence-electron chi connectivity index (χ2n) is 5.38. The Hall–Kier alpha value is -2.03. The third-order valence-corrected chi connectivity index (χ3v) is 3.19. The Morgan fingerprint density at radius 1 is 1.26 bits per heavy atom. The summed E-state index contributed by atoms with van der Waals surface area (Å²) in [5, 5.41) is 0. The molecule has 0 saturated carbocycles. The van der Waals surface area contributed by atoms with Crippen LogP contribution in [-0.2, 0) is 6.42 Å². The molecule has 2 aromatic rings. The second-order valence-corrected chi connectivity index (χ2v) is 5.38. The first-order valence-electron chi connectivity index (χ1n) is 6.56. The van der Waals surface area contributed by atoms with E-state index in [0.29, 0.717) is 11.5 Å². The first-order chi connectivity index (χ1) is 8.97. The van der Waals surface area contributed by atoms with Gasteiger partial charge in [-0.05, 0) is 36.5 Å². The molecule has 1 aromatic heterocycles. The van der Waals surface area contributed by atoms with Gasteiger partial charge in [-0.3, -0.25) is 4.79 Å². The van der Waals surface area contributed by atoms with Crippen LogP contribution in [0.4, 0.5) is 0 Å². The van der Waals surface area contributed by atoms with E-state index in [0.717, 1.165) is 23.4 Å². The van der Waals surface area contributed by atoms with Crippen LogP contribution in [0.2, 0.25) is 0 Å². The normalized spacial score (nSPS) is 10.9. The maximum Gasteiger partial charge on any atom is 0.250 e. The molecule has 2 rings (SSSR count). The summed E-state index contributed by atoms with van der Waals surface area (Å²) < 4.78 is 0. The van der Waals surface area contributed by atoms with Crippen LogP contribution in [0.5, 0.6) is 0 Å². The Morgan fingerprint density at radius 2 is 1.89 bits per heavy atom. The summed E-state index contributed by atoms with van der Waals surface area (Å²) in [5.74, 6) is 0.261. The molecule has 3 N–H and O–H groups in total. The Labute approximate surface area is 113 Å². The maximum absolute atomic E-state index is 11.2. The number of hydrogen-bond donors (Lipinski definition) is 2. The van der Waals surface area contributed by atoms with Gasteiger partial charge in [0.25, 0.3) is 5.91 Å². The van der Waals surface area contributed by atoms with Crippen LogP contribution in [-0.4, -0.2) is 10.9 Å². The molecule has 100 valence electrons. The molecule has 3 nitrogen and oxygen atoms in total. The largest absolute Gasteiger partial charge is 0.366 e. The first kappa shape index (κ1) is 13.4. The van der Waals surface area contributed by atoms with E-state index in [1.165, 1.54) is 5.56 Å². The Bertz CT molecular complexity index is 579. The molecule has 0 unspecified atom stereocenters. The summed E-state index contributed by atoms with van der Waals surface area (Å²) >= 11 is 0. The van der Waals surface area contributed by atoms with Crippen molar-refractivity contribution in [3.05, 3.63) is 47.2 Å². The molecule has 19 heavy (non-hydrogen) atoms. The standard InChI is InChI=1S/C16H20N2O/c1-10(2)8-12-4-6-13(7-5-12)15-9-14(16(17)19)11(3)18-15/h4-7,9-10,18H,8H2,1-3H3,(H2,17,19). The Balaban J connectivity index is 2.27. The van der Waals surface area contributed by atoms with E-state index in [-0.39, 0.29) is 0 Å². The molecule has 0 fully saturated rings. The molecule has 3 heteroatoms. The van der Waals surface area contributed by atoms with Gasteiger partial charge in [0.2, 0.25) is 0 Å². The lowest BCUT2D eigenvalue weighted by atomic mass is 10.0. The van der Waals surface area contributed by atoms with Crippen LogP contribution in [0.25, 0.3) is 11.3 Å². The molecule has 0 spiro atoms. The fraction of sp³-hybridized carbons (Fsp3) is 0.312. The minimum absolute atomic E-state index is 0.392. The number of rotatable bonds is 4. The van der Waals surface area contributed by atoms with E-state index >= 15 is 0 Å². The Kier molecular flexibility index (Phi) is 3.74. The number of aromatic nitrogens is 1. The number of amides is 1. The predicted molar refractivity (Wildman–Crippen MR) is 78.0 cm³/mol. The number of carbonyl (C=O) groups is 1. The highest BCUT2D eigenvalue weighted by molar-refractivity contribution is 5.95. The van der Waals surface area contributed by atoms with Gasteiger partial charge in [0.05, 0.1) is 5.56 Å². The molecular formula is C16H20N2O. The lowest BCUT2D eigenvalue weighted by molar-refractivity contribution is 0.1000. The minimum Gasteiger partial charge on any atom is -0.366 e. The van der Waals surface area contributed by atoms with Crippen molar-refractivity contribution in [2.45, 2.75) is 27.2 Å². The van der Waals surface area contributed by atoms with Crippen molar-refractivity contribution in [3.63, 3.8) is 0 Å². The van der Waals surface area contributed by atoms with E-state index in [1.807, 2.05) is 13.0 Å². The molecule has 0 aliphatic rings. The number of aryl methyl sites for hydroxylation is 1. The van der Waals surface area contributed by atoms with Crippen LogP contribution in [0.3, 0.4) is 0 Å². The van der Waals surface area contributed by atoms with E-state index in [9.17, 15) is 4.79 Å². The lowest BCUT2D eigenvalue weighted by Gasteiger charge is -2.05. The predicted octanol–water partition coefficient (Wildman–Crippen LogP) is 3.29. The number of nitrogens with two attached hydrogens (primary N) is 1. The molecule has 1 amide bonds. The first-order valence-corrected chi connectivity index (χ1v) is 6.56. The van der Waals surface area contributed by atoms with E-state index in [2.05, 4.69) is 43.1 Å². The summed E-state index contributed by atoms with van der Waals surface area (Å²) in [4.78, 5) is 14.4. The molecular weight excluding hydrogens is 236 g/mol. The number of benzene rings is 1. The minimum atomic E-state index is -0.392. The SMILES string of the molecule is Cc1[nH]c(-c2ccc(CC(C)C)cc2)cc1C(N)=O. The number of nitrogens with one attached hydrogen (secondary N) is 1. The maximum atomic E-state index is 11.2. The van der Waals surface area contributed by atoms with Crippen molar-refractivity contribution in [2.24, 2.45) is 11.7 Å². The van der Waals surface area contributed by atoms with E-state index in [4.69, 9.17) is 5.73 Å². The average molecular weight is 256 g/mol. The number of H-pyrrole nitrogens is 1. The lowest BCUT2D eigenvalue weighted by Crippen LogP contribution is -2.10. The van der Waals surface area contributed by atoms with Gasteiger partial charge in [-0.1, -0.05) is 38.1 Å². The monoisotopic (exact) mass is 256 g/mol. The zero-order chi connectivity index (χ0) is 14.0. The van der Waals surface area contributed by atoms with Crippen LogP contribution >= 0.6 is 0 Å². The molecule has 0 saturated heterocycles. The second kappa shape index (κ2) is 5.31. The summed E-state index contributed by atoms with van der Waals surface area (Å²) in [6.45, 7) is 6.28. The number of carbonyl (C=O) groups excluding carboxylic acids is 1. The van der Waals surface area contributed by atoms with Crippen molar-refractivity contribution in [1.82, 2.24) is 4.98 Å². The quantitative estimate of drug-likeness (QED) is 0.866. The third-order valence-electron chi connectivity index (χ3n) is 3.19. The molecule has 0 radical (unpaired) electrons. The summed E-state index contributed by atoms with van der Waals surface area (Å²) in [6, 6.07) is 10.2. The molecule has 0 aliphatic carbocycles. The van der Waals surface area contributed by atoms with Crippen LogP contribution < -0.4 is 5.73 Å². The summed E-state index contributed by atoms with van der Waals surface area (Å²) in [7, 11) is 0. The van der Waals surface area contributed by atoms with Crippen molar-refractivity contribution < 1.29 is 4.79 Å². The summed E-state index contributed by atoms with van der Waals surface area (Å²) in [5.41, 5.74) is 10.0. The smallest absolute Gasteiger partial charge is 0.250 e. The van der Waals surface area contributed by atoms with Crippen LogP contribution in [0, 0.1) is 12.8 Å². The average Bonchev–Trinajstić information content (AvgIpc) is 2.71. The molecule has 1 aromatic carbocycles. The van der Waals surface area contributed by atoms with Crippen molar-refractivity contribution in [1.29, 1.82) is 0 Å². The number of hydrogen-bond acceptors (Lipinski definition) is 1. The highest BCUT2D eigenvalue weighted by Gasteiger charge is 2.10. The van der Waals surface area contributed by atoms with Gasteiger partial charge in [0.1, 0.15) is 0 Å². The van der Waals surface area contributed by atoms with Gasteiger partial charge >= 0.3 is 0 Å². The van der Waals surface area contributed by atoms with Crippen molar-refractivity contribution in [3.8, 4) is 11.3 Å². The van der Waals surface area contributed by atoms with Gasteiger partial charge in [-0.25, -0.2) is 0 Å². The molecule has 0 bridgehead atoms.